The average molecular weight is 341 g/mol. The third kappa shape index (κ3) is 3.16. The SMILES string of the molecule is Brc1ccc(-n2nnnc2SC2CCOCC2)cc1. The normalized spacial score (nSPS) is 16.7. The smallest absolute Gasteiger partial charge is 0.214 e. The summed E-state index contributed by atoms with van der Waals surface area (Å²) in [5, 5.41) is 13.4. The molecule has 0 unspecified atom stereocenters. The molecule has 0 radical (unpaired) electrons. The van der Waals surface area contributed by atoms with Gasteiger partial charge in [0.1, 0.15) is 0 Å². The molecule has 1 saturated heterocycles. The second kappa shape index (κ2) is 6.02. The zero-order chi connectivity index (χ0) is 13.1. The number of hydrogen-bond donors (Lipinski definition) is 0. The van der Waals surface area contributed by atoms with E-state index in [1.165, 1.54) is 0 Å². The second-order valence-corrected chi connectivity index (χ2v) is 6.46. The molecule has 5 nitrogen and oxygen atoms in total. The summed E-state index contributed by atoms with van der Waals surface area (Å²) in [5.74, 6) is 0. The van der Waals surface area contributed by atoms with E-state index >= 15 is 0 Å². The highest BCUT2D eigenvalue weighted by molar-refractivity contribution is 9.10. The Morgan fingerprint density at radius 2 is 1.95 bits per heavy atom. The number of hydrogen-bond acceptors (Lipinski definition) is 5. The van der Waals surface area contributed by atoms with Crippen LogP contribution in [0.3, 0.4) is 0 Å². The fourth-order valence-electron chi connectivity index (χ4n) is 1.94. The summed E-state index contributed by atoms with van der Waals surface area (Å²) >= 11 is 5.16. The highest BCUT2D eigenvalue weighted by Crippen LogP contribution is 2.29. The van der Waals surface area contributed by atoms with Gasteiger partial charge >= 0.3 is 0 Å². The van der Waals surface area contributed by atoms with Crippen LogP contribution in [0.15, 0.2) is 33.9 Å². The van der Waals surface area contributed by atoms with Crippen LogP contribution in [0.5, 0.6) is 0 Å². The van der Waals surface area contributed by atoms with Crippen LogP contribution < -0.4 is 0 Å². The van der Waals surface area contributed by atoms with Crippen LogP contribution in [-0.4, -0.2) is 38.7 Å². The number of thioether (sulfide) groups is 1. The zero-order valence-corrected chi connectivity index (χ0v) is 12.6. The van der Waals surface area contributed by atoms with E-state index in [-0.39, 0.29) is 0 Å². The van der Waals surface area contributed by atoms with Gasteiger partial charge in [-0.25, -0.2) is 0 Å². The lowest BCUT2D eigenvalue weighted by atomic mass is 10.2. The van der Waals surface area contributed by atoms with Gasteiger partial charge in [-0.2, -0.15) is 4.68 Å². The van der Waals surface area contributed by atoms with E-state index in [2.05, 4.69) is 31.5 Å². The molecule has 1 aromatic carbocycles. The fraction of sp³-hybridized carbons (Fsp3) is 0.417. The van der Waals surface area contributed by atoms with E-state index in [9.17, 15) is 0 Å². The molecule has 1 fully saturated rings. The van der Waals surface area contributed by atoms with E-state index in [4.69, 9.17) is 4.74 Å². The maximum Gasteiger partial charge on any atom is 0.214 e. The molecule has 19 heavy (non-hydrogen) atoms. The van der Waals surface area contributed by atoms with Crippen molar-refractivity contribution in [2.45, 2.75) is 23.2 Å². The molecule has 0 saturated carbocycles. The Kier molecular flexibility index (Phi) is 4.15. The van der Waals surface area contributed by atoms with Crippen molar-refractivity contribution < 1.29 is 4.74 Å². The number of nitrogens with zero attached hydrogens (tertiary/aromatic N) is 4. The standard InChI is InChI=1S/C12H13BrN4OS/c13-9-1-3-10(4-2-9)17-12(14-15-16-17)19-11-5-7-18-8-6-11/h1-4,11H,5-8H2. The topological polar surface area (TPSA) is 52.8 Å². The van der Waals surface area contributed by atoms with Crippen LogP contribution in [0.1, 0.15) is 12.8 Å². The van der Waals surface area contributed by atoms with Gasteiger partial charge in [-0.3, -0.25) is 0 Å². The van der Waals surface area contributed by atoms with Crippen molar-refractivity contribution in [3.05, 3.63) is 28.7 Å². The molecule has 0 atom stereocenters. The first kappa shape index (κ1) is 13.1. The van der Waals surface area contributed by atoms with Gasteiger partial charge in [0.05, 0.1) is 5.69 Å². The second-order valence-electron chi connectivity index (χ2n) is 4.28. The Morgan fingerprint density at radius 1 is 1.21 bits per heavy atom. The minimum atomic E-state index is 0.536. The first-order valence-electron chi connectivity index (χ1n) is 6.11. The Hall–Kier alpha value is -0.920. The molecule has 0 N–H and O–H groups in total. The summed E-state index contributed by atoms with van der Waals surface area (Å²) in [6, 6.07) is 7.96. The highest BCUT2D eigenvalue weighted by Gasteiger charge is 2.19. The molecule has 1 aliphatic rings. The number of tetrazole rings is 1. The van der Waals surface area contributed by atoms with E-state index in [1.807, 2.05) is 24.3 Å². The minimum Gasteiger partial charge on any atom is -0.381 e. The third-order valence-corrected chi connectivity index (χ3v) is 4.75. The van der Waals surface area contributed by atoms with Crippen molar-refractivity contribution in [3.63, 3.8) is 0 Å². The van der Waals surface area contributed by atoms with Gasteiger partial charge in [-0.15, -0.1) is 5.10 Å². The predicted octanol–water partition coefficient (Wildman–Crippen LogP) is 2.70. The molecule has 0 bridgehead atoms. The van der Waals surface area contributed by atoms with E-state index in [1.54, 1.807) is 16.4 Å². The number of ether oxygens (including phenoxy) is 1. The van der Waals surface area contributed by atoms with Crippen LogP contribution in [0.4, 0.5) is 0 Å². The quantitative estimate of drug-likeness (QED) is 0.859. The minimum absolute atomic E-state index is 0.536. The molecule has 7 heteroatoms. The number of aromatic nitrogens is 4. The van der Waals surface area contributed by atoms with E-state index in [0.29, 0.717) is 5.25 Å². The van der Waals surface area contributed by atoms with Crippen LogP contribution in [0.25, 0.3) is 5.69 Å². The van der Waals surface area contributed by atoms with Gasteiger partial charge in [0.2, 0.25) is 5.16 Å². The van der Waals surface area contributed by atoms with Crippen molar-refractivity contribution in [2.75, 3.05) is 13.2 Å². The lowest BCUT2D eigenvalue weighted by Crippen LogP contribution is -2.18. The van der Waals surface area contributed by atoms with Crippen LogP contribution in [0.2, 0.25) is 0 Å². The summed E-state index contributed by atoms with van der Waals surface area (Å²) in [7, 11) is 0. The molecule has 2 heterocycles. The zero-order valence-electron chi connectivity index (χ0n) is 10.2. The first-order valence-corrected chi connectivity index (χ1v) is 7.79. The third-order valence-electron chi connectivity index (χ3n) is 2.95. The number of rotatable bonds is 3. The Bertz CT molecular complexity index is 539. The van der Waals surface area contributed by atoms with Gasteiger partial charge in [0.15, 0.2) is 0 Å². The van der Waals surface area contributed by atoms with Crippen molar-refractivity contribution in [1.82, 2.24) is 20.2 Å². The van der Waals surface area contributed by atoms with Crippen LogP contribution >= 0.6 is 27.7 Å². The Labute approximate surface area is 123 Å². The first-order chi connectivity index (χ1) is 9.33. The van der Waals surface area contributed by atoms with Gasteiger partial charge < -0.3 is 4.74 Å². The monoisotopic (exact) mass is 340 g/mol. The predicted molar refractivity (Wildman–Crippen MR) is 76.6 cm³/mol. The molecule has 2 aromatic rings. The van der Waals surface area contributed by atoms with Gasteiger partial charge in [0, 0.05) is 22.9 Å². The van der Waals surface area contributed by atoms with Crippen LogP contribution in [0, 0.1) is 0 Å². The molecule has 1 aromatic heterocycles. The summed E-state index contributed by atoms with van der Waals surface area (Å²) in [5.41, 5.74) is 0.975. The summed E-state index contributed by atoms with van der Waals surface area (Å²) < 4.78 is 8.20. The lowest BCUT2D eigenvalue weighted by molar-refractivity contribution is 0.0999. The van der Waals surface area contributed by atoms with Crippen molar-refractivity contribution >= 4 is 27.7 Å². The summed E-state index contributed by atoms with van der Waals surface area (Å²) in [6.45, 7) is 1.66. The van der Waals surface area contributed by atoms with E-state index < -0.39 is 0 Å². The molecule has 0 spiro atoms. The summed E-state index contributed by atoms with van der Waals surface area (Å²) in [4.78, 5) is 0. The average Bonchev–Trinajstić information content (AvgIpc) is 2.89. The molecular weight excluding hydrogens is 328 g/mol. The summed E-state index contributed by atoms with van der Waals surface area (Å²) in [6.07, 6.45) is 2.11. The van der Waals surface area contributed by atoms with Gasteiger partial charge in [-0.05, 0) is 47.5 Å². The van der Waals surface area contributed by atoms with Crippen molar-refractivity contribution in [3.8, 4) is 5.69 Å². The molecule has 0 amide bonds. The van der Waals surface area contributed by atoms with Crippen molar-refractivity contribution in [2.24, 2.45) is 0 Å². The molecule has 1 aliphatic heterocycles. The van der Waals surface area contributed by atoms with E-state index in [0.717, 1.165) is 41.4 Å². The maximum absolute atomic E-state index is 5.37. The Morgan fingerprint density at radius 3 is 2.68 bits per heavy atom. The Balaban J connectivity index is 1.79. The molecular formula is C12H13BrN4OS. The molecule has 100 valence electrons. The van der Waals surface area contributed by atoms with Gasteiger partial charge in [-0.1, -0.05) is 27.7 Å². The molecule has 3 rings (SSSR count). The number of halogens is 1. The lowest BCUT2D eigenvalue weighted by Gasteiger charge is -2.20. The van der Waals surface area contributed by atoms with Crippen LogP contribution in [-0.2, 0) is 4.74 Å². The largest absolute Gasteiger partial charge is 0.381 e. The number of benzene rings is 1. The maximum atomic E-state index is 5.37. The van der Waals surface area contributed by atoms with Crippen molar-refractivity contribution in [1.29, 1.82) is 0 Å². The fourth-order valence-corrected chi connectivity index (χ4v) is 3.26. The van der Waals surface area contributed by atoms with Gasteiger partial charge in [0.25, 0.3) is 0 Å². The highest BCUT2D eigenvalue weighted by atomic mass is 79.9. The molecule has 0 aliphatic carbocycles.